The molecule has 0 aromatic heterocycles. The molecule has 1 aliphatic heterocycles. The number of nitrogens with zero attached hydrogens (tertiary/aromatic N) is 1. The Hall–Kier alpha value is -2.40. The van der Waals surface area contributed by atoms with Crippen LogP contribution in [0.3, 0.4) is 0 Å². The Labute approximate surface area is 181 Å². The molecule has 1 N–H and O–H groups in total. The van der Waals surface area contributed by atoms with Crippen LogP contribution < -0.4 is 4.90 Å². The molecule has 0 saturated carbocycles. The molecule has 1 heterocycles. The first kappa shape index (κ1) is 24.2. The van der Waals surface area contributed by atoms with Gasteiger partial charge in [0.05, 0.1) is 5.02 Å². The molecular formula is C20H14ClF8NO2. The molecule has 32 heavy (non-hydrogen) atoms. The summed E-state index contributed by atoms with van der Waals surface area (Å²) >= 11 is 5.60. The summed E-state index contributed by atoms with van der Waals surface area (Å²) in [7, 11) is 0. The summed E-state index contributed by atoms with van der Waals surface area (Å²) in [6, 6.07) is 3.33. The third-order valence-corrected chi connectivity index (χ3v) is 5.48. The van der Waals surface area contributed by atoms with E-state index >= 15 is 0 Å². The zero-order chi connectivity index (χ0) is 24.1. The number of hydrogen-bond acceptors (Lipinski definition) is 2. The molecule has 1 aliphatic rings. The van der Waals surface area contributed by atoms with E-state index in [0.717, 1.165) is 23.1 Å². The van der Waals surface area contributed by atoms with Gasteiger partial charge < -0.3 is 10.0 Å². The Morgan fingerprint density at radius 3 is 2.19 bits per heavy atom. The van der Waals surface area contributed by atoms with Crippen molar-refractivity contribution in [2.24, 2.45) is 0 Å². The van der Waals surface area contributed by atoms with Gasteiger partial charge >= 0.3 is 12.4 Å². The van der Waals surface area contributed by atoms with E-state index in [-0.39, 0.29) is 37.1 Å². The van der Waals surface area contributed by atoms with Crippen molar-refractivity contribution in [2.75, 3.05) is 11.4 Å². The van der Waals surface area contributed by atoms with Crippen LogP contribution in [0.4, 0.5) is 40.8 Å². The second-order valence-electron chi connectivity index (χ2n) is 7.18. The summed E-state index contributed by atoms with van der Waals surface area (Å²) in [6.07, 6.45) is -11.7. The monoisotopic (exact) mass is 487 g/mol. The summed E-state index contributed by atoms with van der Waals surface area (Å²) in [5, 5.41) is 9.10. The molecule has 0 unspecified atom stereocenters. The summed E-state index contributed by atoms with van der Waals surface area (Å²) < 4.78 is 108. The maximum Gasteiger partial charge on any atom is 0.430 e. The van der Waals surface area contributed by atoms with Crippen molar-refractivity contribution in [1.29, 1.82) is 0 Å². The van der Waals surface area contributed by atoms with E-state index in [4.69, 9.17) is 11.6 Å². The Balaban J connectivity index is 2.14. The highest BCUT2D eigenvalue weighted by Crippen LogP contribution is 2.50. The summed E-state index contributed by atoms with van der Waals surface area (Å²) in [5.74, 6) is -3.77. The van der Waals surface area contributed by atoms with Crippen LogP contribution in [0, 0.1) is 11.6 Å². The number of halogens is 9. The molecule has 0 atom stereocenters. The van der Waals surface area contributed by atoms with Crippen molar-refractivity contribution in [3.63, 3.8) is 0 Å². The fraction of sp³-hybridized carbons (Fsp3) is 0.350. The number of alkyl halides is 6. The number of aryl methyl sites for hydroxylation is 1. The number of hydrogen-bond donors (Lipinski definition) is 1. The van der Waals surface area contributed by atoms with Crippen molar-refractivity contribution < 1.29 is 45.0 Å². The SMILES string of the molecule is O=C(c1c(F)ccc(Cl)c1F)N1CCCCc2cc(C(O)(C(F)(F)F)C(F)(F)F)ccc21. The van der Waals surface area contributed by atoms with Crippen LogP contribution >= 0.6 is 11.6 Å². The van der Waals surface area contributed by atoms with Gasteiger partial charge in [-0.15, -0.1) is 0 Å². The summed E-state index contributed by atoms with van der Waals surface area (Å²) in [4.78, 5) is 13.8. The smallest absolute Gasteiger partial charge is 0.369 e. The number of amides is 1. The third kappa shape index (κ3) is 3.92. The highest BCUT2D eigenvalue weighted by Gasteiger charge is 2.71. The number of anilines is 1. The lowest BCUT2D eigenvalue weighted by molar-refractivity contribution is -0.376. The third-order valence-electron chi connectivity index (χ3n) is 5.19. The lowest BCUT2D eigenvalue weighted by atomic mass is 9.89. The molecule has 0 spiro atoms. The van der Waals surface area contributed by atoms with Crippen LogP contribution in [0.15, 0.2) is 30.3 Å². The molecule has 0 fully saturated rings. The molecular weight excluding hydrogens is 474 g/mol. The van der Waals surface area contributed by atoms with Gasteiger partial charge in [0.2, 0.25) is 0 Å². The van der Waals surface area contributed by atoms with Gasteiger partial charge in [-0.1, -0.05) is 23.7 Å². The predicted octanol–water partition coefficient (Wildman–Crippen LogP) is 5.91. The minimum Gasteiger partial charge on any atom is -0.369 e. The van der Waals surface area contributed by atoms with Crippen molar-refractivity contribution in [1.82, 2.24) is 0 Å². The first-order valence-corrected chi connectivity index (χ1v) is 9.52. The number of rotatable bonds is 2. The molecule has 0 saturated heterocycles. The van der Waals surface area contributed by atoms with Crippen LogP contribution in [0.1, 0.15) is 34.3 Å². The molecule has 1 amide bonds. The molecule has 2 aromatic carbocycles. The fourth-order valence-corrected chi connectivity index (χ4v) is 3.69. The average Bonchev–Trinajstić information content (AvgIpc) is 2.90. The molecule has 0 aliphatic carbocycles. The van der Waals surface area contributed by atoms with Crippen molar-refractivity contribution in [3.05, 3.63) is 63.7 Å². The van der Waals surface area contributed by atoms with E-state index in [1.807, 2.05) is 0 Å². The van der Waals surface area contributed by atoms with Gasteiger partial charge in [0.1, 0.15) is 11.4 Å². The minimum absolute atomic E-state index is 0.0285. The second-order valence-corrected chi connectivity index (χ2v) is 7.59. The van der Waals surface area contributed by atoms with E-state index in [2.05, 4.69) is 0 Å². The normalized spacial score (nSPS) is 15.4. The van der Waals surface area contributed by atoms with Crippen LogP contribution in [-0.4, -0.2) is 29.9 Å². The topological polar surface area (TPSA) is 40.5 Å². The van der Waals surface area contributed by atoms with E-state index in [0.29, 0.717) is 12.1 Å². The number of carbonyl (C=O) groups is 1. The maximum absolute atomic E-state index is 14.3. The first-order valence-electron chi connectivity index (χ1n) is 9.14. The number of benzene rings is 2. The zero-order valence-electron chi connectivity index (χ0n) is 15.9. The van der Waals surface area contributed by atoms with Crippen LogP contribution in [0.25, 0.3) is 0 Å². The largest absolute Gasteiger partial charge is 0.430 e. The maximum atomic E-state index is 14.3. The van der Waals surface area contributed by atoms with E-state index in [9.17, 15) is 45.0 Å². The van der Waals surface area contributed by atoms with Gasteiger partial charge in [-0.3, -0.25) is 4.79 Å². The van der Waals surface area contributed by atoms with Gasteiger partial charge in [-0.25, -0.2) is 8.78 Å². The standard InChI is InChI=1S/C20H14ClF8NO2/c21-12-5-6-13(22)15(16(12)23)17(31)30-8-2-1-3-10-9-11(4-7-14(10)30)18(32,19(24,25)26)20(27,28)29/h4-7,9,32H,1-3,8H2. The Kier molecular flexibility index (Phi) is 6.20. The molecule has 2 aromatic rings. The molecule has 0 bridgehead atoms. The van der Waals surface area contributed by atoms with E-state index in [1.165, 1.54) is 0 Å². The van der Waals surface area contributed by atoms with Crippen molar-refractivity contribution >= 4 is 23.2 Å². The Bertz CT molecular complexity index is 1040. The number of fused-ring (bicyclic) bond motifs is 1. The lowest BCUT2D eigenvalue weighted by Gasteiger charge is -2.33. The minimum atomic E-state index is -6.08. The van der Waals surface area contributed by atoms with Crippen molar-refractivity contribution in [3.8, 4) is 0 Å². The fourth-order valence-electron chi connectivity index (χ4n) is 3.54. The van der Waals surface area contributed by atoms with Gasteiger partial charge in [-0.2, -0.15) is 26.3 Å². The zero-order valence-corrected chi connectivity index (χ0v) is 16.7. The Morgan fingerprint density at radius 2 is 1.59 bits per heavy atom. The second kappa shape index (κ2) is 8.18. The molecule has 174 valence electrons. The molecule has 3 nitrogen and oxygen atoms in total. The van der Waals surface area contributed by atoms with Crippen LogP contribution in [0.2, 0.25) is 5.02 Å². The highest BCUT2D eigenvalue weighted by atomic mass is 35.5. The summed E-state index contributed by atoms with van der Waals surface area (Å²) in [5.41, 5.74) is -7.87. The van der Waals surface area contributed by atoms with Crippen LogP contribution in [0.5, 0.6) is 0 Å². The van der Waals surface area contributed by atoms with Gasteiger partial charge in [0, 0.05) is 17.8 Å². The van der Waals surface area contributed by atoms with Gasteiger partial charge in [-0.05, 0) is 43.0 Å². The van der Waals surface area contributed by atoms with E-state index in [1.54, 1.807) is 0 Å². The first-order chi connectivity index (χ1) is 14.7. The molecule has 0 radical (unpaired) electrons. The van der Waals surface area contributed by atoms with E-state index < -0.39 is 51.6 Å². The Morgan fingerprint density at radius 1 is 0.969 bits per heavy atom. The number of aliphatic hydroxyl groups is 1. The quantitative estimate of drug-likeness (QED) is 0.422. The highest BCUT2D eigenvalue weighted by molar-refractivity contribution is 6.31. The molecule has 12 heteroatoms. The number of carbonyl (C=O) groups excluding carboxylic acids is 1. The van der Waals surface area contributed by atoms with Crippen molar-refractivity contribution in [2.45, 2.75) is 37.2 Å². The molecule has 3 rings (SSSR count). The predicted molar refractivity (Wildman–Crippen MR) is 98.4 cm³/mol. The van der Waals surface area contributed by atoms with Gasteiger partial charge in [0.25, 0.3) is 11.5 Å². The average molecular weight is 488 g/mol. The lowest BCUT2D eigenvalue weighted by Crippen LogP contribution is -2.54. The summed E-state index contributed by atoms with van der Waals surface area (Å²) in [6.45, 7) is -0.0978. The van der Waals surface area contributed by atoms with Crippen LogP contribution in [-0.2, 0) is 12.0 Å². The van der Waals surface area contributed by atoms with Gasteiger partial charge in [0.15, 0.2) is 5.82 Å².